The van der Waals surface area contributed by atoms with Gasteiger partial charge in [-0.2, -0.15) is 16.2 Å². The van der Waals surface area contributed by atoms with Crippen molar-refractivity contribution in [2.24, 2.45) is 0 Å². The molecule has 0 radical (unpaired) electrons. The Bertz CT molecular complexity index is 342. The van der Waals surface area contributed by atoms with Gasteiger partial charge < -0.3 is 5.32 Å². The van der Waals surface area contributed by atoms with E-state index in [9.17, 15) is 9.18 Å². The van der Waals surface area contributed by atoms with Crippen LogP contribution in [0.5, 0.6) is 0 Å². The zero-order valence-corrected chi connectivity index (χ0v) is 10.2. The lowest BCUT2D eigenvalue weighted by atomic mass is 10.2. The SMILES string of the molecule is CSC(C)CCNC(=O)c1ccc(F)nc1. The van der Waals surface area contributed by atoms with Gasteiger partial charge in [0.25, 0.3) is 5.91 Å². The summed E-state index contributed by atoms with van der Waals surface area (Å²) in [7, 11) is 0. The lowest BCUT2D eigenvalue weighted by Crippen LogP contribution is -2.26. The van der Waals surface area contributed by atoms with E-state index < -0.39 is 5.95 Å². The second kappa shape index (κ2) is 6.48. The highest BCUT2D eigenvalue weighted by atomic mass is 32.2. The van der Waals surface area contributed by atoms with E-state index in [0.717, 1.165) is 6.42 Å². The Morgan fingerprint density at radius 1 is 1.62 bits per heavy atom. The molecule has 1 aromatic heterocycles. The van der Waals surface area contributed by atoms with Crippen LogP contribution in [0.25, 0.3) is 0 Å². The third kappa shape index (κ3) is 4.18. The minimum absolute atomic E-state index is 0.208. The molecule has 0 fully saturated rings. The Labute approximate surface area is 98.8 Å². The lowest BCUT2D eigenvalue weighted by Gasteiger charge is -2.08. The zero-order chi connectivity index (χ0) is 12.0. The molecule has 1 rings (SSSR count). The first kappa shape index (κ1) is 13.0. The summed E-state index contributed by atoms with van der Waals surface area (Å²) in [5, 5.41) is 3.29. The molecule has 3 nitrogen and oxygen atoms in total. The van der Waals surface area contributed by atoms with Crippen molar-refractivity contribution in [1.29, 1.82) is 0 Å². The average molecular weight is 242 g/mol. The van der Waals surface area contributed by atoms with Gasteiger partial charge in [-0.3, -0.25) is 4.79 Å². The number of carbonyl (C=O) groups excluding carboxylic acids is 1. The molecule has 1 heterocycles. The van der Waals surface area contributed by atoms with Gasteiger partial charge in [-0.1, -0.05) is 6.92 Å². The molecule has 0 saturated heterocycles. The van der Waals surface area contributed by atoms with Crippen LogP contribution in [-0.2, 0) is 0 Å². The number of rotatable bonds is 5. The number of thioether (sulfide) groups is 1. The van der Waals surface area contributed by atoms with Crippen LogP contribution < -0.4 is 5.32 Å². The van der Waals surface area contributed by atoms with Crippen molar-refractivity contribution in [3.8, 4) is 0 Å². The molecule has 0 aliphatic rings. The van der Waals surface area contributed by atoms with Crippen molar-refractivity contribution < 1.29 is 9.18 Å². The number of carbonyl (C=O) groups is 1. The van der Waals surface area contributed by atoms with Crippen LogP contribution in [0.15, 0.2) is 18.3 Å². The van der Waals surface area contributed by atoms with Gasteiger partial charge in [0.2, 0.25) is 5.95 Å². The summed E-state index contributed by atoms with van der Waals surface area (Å²) in [6.45, 7) is 2.73. The zero-order valence-electron chi connectivity index (χ0n) is 9.37. The van der Waals surface area contributed by atoms with Crippen LogP contribution in [0, 0.1) is 5.95 Å². The third-order valence-electron chi connectivity index (χ3n) is 2.23. The van der Waals surface area contributed by atoms with Crippen molar-refractivity contribution in [3.05, 3.63) is 29.8 Å². The molecule has 16 heavy (non-hydrogen) atoms. The van der Waals surface area contributed by atoms with Crippen molar-refractivity contribution >= 4 is 17.7 Å². The molecule has 0 bridgehead atoms. The highest BCUT2D eigenvalue weighted by molar-refractivity contribution is 7.99. The molecular weight excluding hydrogens is 227 g/mol. The van der Waals surface area contributed by atoms with Crippen LogP contribution in [0.4, 0.5) is 4.39 Å². The Balaban J connectivity index is 2.38. The van der Waals surface area contributed by atoms with E-state index in [1.165, 1.54) is 18.3 Å². The molecule has 0 saturated carbocycles. The van der Waals surface area contributed by atoms with Gasteiger partial charge >= 0.3 is 0 Å². The lowest BCUT2D eigenvalue weighted by molar-refractivity contribution is 0.0953. The number of aromatic nitrogens is 1. The molecule has 5 heteroatoms. The first-order valence-electron chi connectivity index (χ1n) is 5.06. The third-order valence-corrected chi connectivity index (χ3v) is 3.27. The Morgan fingerprint density at radius 3 is 2.94 bits per heavy atom. The number of amides is 1. The van der Waals surface area contributed by atoms with E-state index in [1.54, 1.807) is 11.8 Å². The maximum Gasteiger partial charge on any atom is 0.252 e. The smallest absolute Gasteiger partial charge is 0.252 e. The fraction of sp³-hybridized carbons (Fsp3) is 0.455. The number of hydrogen-bond donors (Lipinski definition) is 1. The average Bonchev–Trinajstić information content (AvgIpc) is 2.29. The highest BCUT2D eigenvalue weighted by Gasteiger charge is 2.06. The summed E-state index contributed by atoms with van der Waals surface area (Å²) in [5.74, 6) is -0.784. The van der Waals surface area contributed by atoms with Gasteiger partial charge in [0, 0.05) is 18.0 Å². The van der Waals surface area contributed by atoms with Gasteiger partial charge in [0.1, 0.15) is 0 Å². The van der Waals surface area contributed by atoms with Gasteiger partial charge in [-0.25, -0.2) is 4.98 Å². The molecule has 1 aromatic rings. The highest BCUT2D eigenvalue weighted by Crippen LogP contribution is 2.08. The summed E-state index contributed by atoms with van der Waals surface area (Å²) in [4.78, 5) is 15.0. The molecule has 0 aliphatic carbocycles. The van der Waals surface area contributed by atoms with Crippen molar-refractivity contribution in [2.45, 2.75) is 18.6 Å². The van der Waals surface area contributed by atoms with Crippen LogP contribution in [0.3, 0.4) is 0 Å². The van der Waals surface area contributed by atoms with E-state index in [2.05, 4.69) is 17.2 Å². The second-order valence-corrected chi connectivity index (χ2v) is 4.74. The molecule has 1 atom stereocenters. The number of nitrogens with one attached hydrogen (secondary N) is 1. The molecule has 1 N–H and O–H groups in total. The number of nitrogens with zero attached hydrogens (tertiary/aromatic N) is 1. The Hall–Kier alpha value is -1.10. The Morgan fingerprint density at radius 2 is 2.38 bits per heavy atom. The minimum atomic E-state index is -0.576. The second-order valence-electron chi connectivity index (χ2n) is 3.46. The van der Waals surface area contributed by atoms with Gasteiger partial charge in [-0.05, 0) is 24.8 Å². The summed E-state index contributed by atoms with van der Waals surface area (Å²) >= 11 is 1.76. The molecule has 88 valence electrons. The van der Waals surface area contributed by atoms with Crippen LogP contribution in [-0.4, -0.2) is 28.9 Å². The minimum Gasteiger partial charge on any atom is -0.352 e. The summed E-state index contributed by atoms with van der Waals surface area (Å²) in [6.07, 6.45) is 4.20. The van der Waals surface area contributed by atoms with Crippen molar-refractivity contribution in [2.75, 3.05) is 12.8 Å². The number of hydrogen-bond acceptors (Lipinski definition) is 3. The normalized spacial score (nSPS) is 12.2. The van der Waals surface area contributed by atoms with Crippen LogP contribution in [0.1, 0.15) is 23.7 Å². The summed E-state index contributed by atoms with van der Waals surface area (Å²) in [5.41, 5.74) is 0.387. The quantitative estimate of drug-likeness (QED) is 0.804. The van der Waals surface area contributed by atoms with Gasteiger partial charge in [0.05, 0.1) is 5.56 Å². The largest absolute Gasteiger partial charge is 0.352 e. The fourth-order valence-electron chi connectivity index (χ4n) is 1.12. The van der Waals surface area contributed by atoms with E-state index in [1.807, 2.05) is 6.26 Å². The predicted molar refractivity (Wildman–Crippen MR) is 64.1 cm³/mol. The molecule has 0 aliphatic heterocycles. The number of pyridine rings is 1. The maximum absolute atomic E-state index is 12.5. The monoisotopic (exact) mass is 242 g/mol. The Kier molecular flexibility index (Phi) is 5.25. The molecule has 1 amide bonds. The topological polar surface area (TPSA) is 42.0 Å². The van der Waals surface area contributed by atoms with Crippen molar-refractivity contribution in [3.63, 3.8) is 0 Å². The molecule has 1 unspecified atom stereocenters. The van der Waals surface area contributed by atoms with Gasteiger partial charge in [-0.15, -0.1) is 0 Å². The van der Waals surface area contributed by atoms with E-state index in [0.29, 0.717) is 17.4 Å². The van der Waals surface area contributed by atoms with E-state index >= 15 is 0 Å². The first-order valence-corrected chi connectivity index (χ1v) is 6.35. The molecular formula is C11H15FN2OS. The van der Waals surface area contributed by atoms with Crippen LogP contribution in [0.2, 0.25) is 0 Å². The van der Waals surface area contributed by atoms with Gasteiger partial charge in [0.15, 0.2) is 0 Å². The van der Waals surface area contributed by atoms with E-state index in [4.69, 9.17) is 0 Å². The molecule has 0 spiro atoms. The van der Waals surface area contributed by atoms with E-state index in [-0.39, 0.29) is 5.91 Å². The maximum atomic E-state index is 12.5. The predicted octanol–water partition coefficient (Wildman–Crippen LogP) is 2.09. The summed E-state index contributed by atoms with van der Waals surface area (Å²) in [6, 6.07) is 2.61. The summed E-state index contributed by atoms with van der Waals surface area (Å²) < 4.78 is 12.5. The van der Waals surface area contributed by atoms with Crippen molar-refractivity contribution in [1.82, 2.24) is 10.3 Å². The molecule has 0 aromatic carbocycles. The first-order chi connectivity index (χ1) is 7.63. The fourth-order valence-corrected chi connectivity index (χ4v) is 1.47. The van der Waals surface area contributed by atoms with Crippen LogP contribution >= 0.6 is 11.8 Å². The number of halogens is 1. The standard InChI is InChI=1S/C11H15FN2OS/c1-8(16-2)5-6-13-11(15)9-3-4-10(12)14-7-9/h3-4,7-8H,5-6H2,1-2H3,(H,13,15).